The van der Waals surface area contributed by atoms with E-state index in [0.29, 0.717) is 17.2 Å². The molecule has 2 heteroatoms. The monoisotopic (exact) mass is 209 g/mol. The fraction of sp³-hybridized carbons (Fsp3) is 0.923. The molecule has 1 amide bonds. The van der Waals surface area contributed by atoms with Crippen molar-refractivity contribution in [1.29, 1.82) is 0 Å². The number of hydrogen-bond acceptors (Lipinski definition) is 1. The summed E-state index contributed by atoms with van der Waals surface area (Å²) in [5, 5.41) is 3.08. The average Bonchev–Trinajstić information content (AvgIpc) is 2.71. The van der Waals surface area contributed by atoms with E-state index in [-0.39, 0.29) is 0 Å². The molecular weight excluding hydrogens is 186 g/mol. The van der Waals surface area contributed by atoms with Crippen LogP contribution in [0.2, 0.25) is 0 Å². The van der Waals surface area contributed by atoms with Crippen molar-refractivity contribution < 1.29 is 4.79 Å². The predicted molar refractivity (Wildman–Crippen MR) is 61.4 cm³/mol. The average molecular weight is 209 g/mol. The Bertz CT molecular complexity index is 244. The minimum Gasteiger partial charge on any atom is -0.356 e. The molecule has 2 aliphatic carbocycles. The van der Waals surface area contributed by atoms with Crippen molar-refractivity contribution in [3.63, 3.8) is 0 Å². The van der Waals surface area contributed by atoms with Crippen LogP contribution in [0.5, 0.6) is 0 Å². The van der Waals surface area contributed by atoms with Gasteiger partial charge in [-0.1, -0.05) is 20.8 Å². The van der Waals surface area contributed by atoms with Crippen molar-refractivity contribution in [2.45, 2.75) is 46.5 Å². The molecule has 2 saturated carbocycles. The zero-order valence-electron chi connectivity index (χ0n) is 10.2. The van der Waals surface area contributed by atoms with E-state index in [1.807, 2.05) is 0 Å². The summed E-state index contributed by atoms with van der Waals surface area (Å²) in [5.41, 5.74) is 0.324. The first-order valence-corrected chi connectivity index (χ1v) is 6.23. The van der Waals surface area contributed by atoms with Gasteiger partial charge in [0.05, 0.1) is 0 Å². The zero-order chi connectivity index (χ0) is 11.1. The summed E-state index contributed by atoms with van der Waals surface area (Å²) in [7, 11) is 0. The first-order chi connectivity index (χ1) is 6.96. The van der Waals surface area contributed by atoms with Crippen molar-refractivity contribution >= 4 is 5.91 Å². The Morgan fingerprint density at radius 3 is 2.33 bits per heavy atom. The smallest absolute Gasteiger partial charge is 0.223 e. The summed E-state index contributed by atoms with van der Waals surface area (Å²) in [6.45, 7) is 7.48. The predicted octanol–water partition coefficient (Wildman–Crippen LogP) is 2.58. The zero-order valence-corrected chi connectivity index (χ0v) is 10.2. The highest BCUT2D eigenvalue weighted by Gasteiger charge is 2.47. The molecular formula is C13H23NO. The molecule has 0 aromatic carbocycles. The van der Waals surface area contributed by atoms with E-state index in [1.165, 1.54) is 6.42 Å². The lowest BCUT2D eigenvalue weighted by Crippen LogP contribution is -2.32. The Morgan fingerprint density at radius 2 is 1.80 bits per heavy atom. The first kappa shape index (κ1) is 11.0. The van der Waals surface area contributed by atoms with Gasteiger partial charge in [-0.25, -0.2) is 0 Å². The maximum absolute atomic E-state index is 11.8. The summed E-state index contributed by atoms with van der Waals surface area (Å²) in [5.74, 6) is 2.46. The first-order valence-electron chi connectivity index (χ1n) is 6.23. The van der Waals surface area contributed by atoms with Crippen LogP contribution >= 0.6 is 0 Å². The third-order valence-electron chi connectivity index (χ3n) is 3.79. The van der Waals surface area contributed by atoms with Gasteiger partial charge in [0.25, 0.3) is 0 Å². The summed E-state index contributed by atoms with van der Waals surface area (Å²) in [6, 6.07) is 0. The number of rotatable bonds is 3. The maximum atomic E-state index is 11.8. The lowest BCUT2D eigenvalue weighted by molar-refractivity contribution is -0.125. The van der Waals surface area contributed by atoms with Crippen molar-refractivity contribution in [2.24, 2.45) is 23.2 Å². The van der Waals surface area contributed by atoms with Crippen LogP contribution in [-0.4, -0.2) is 12.5 Å². The molecule has 0 radical (unpaired) electrons. The number of hydrogen-bond donors (Lipinski definition) is 1. The molecule has 2 rings (SSSR count). The highest BCUT2D eigenvalue weighted by Crippen LogP contribution is 2.54. The fourth-order valence-electron chi connectivity index (χ4n) is 2.63. The summed E-state index contributed by atoms with van der Waals surface area (Å²) in [6.07, 6.45) is 4.78. The van der Waals surface area contributed by atoms with Gasteiger partial charge in [-0.05, 0) is 42.9 Å². The number of carbonyl (C=O) groups excluding carboxylic acids is 1. The standard InChI is InChI=1S/C13H23NO/c1-13(2,3)4-5-14-12(15)11-7-9-6-10(9)8-11/h9-11H,4-8H2,1-3H3,(H,14,15). The van der Waals surface area contributed by atoms with Crippen LogP contribution < -0.4 is 5.32 Å². The minimum atomic E-state index is 0.312. The van der Waals surface area contributed by atoms with E-state index >= 15 is 0 Å². The molecule has 0 aromatic heterocycles. The lowest BCUT2D eigenvalue weighted by Gasteiger charge is -2.19. The highest BCUT2D eigenvalue weighted by atomic mass is 16.1. The number of nitrogens with one attached hydrogen (secondary N) is 1. The molecule has 0 saturated heterocycles. The lowest BCUT2D eigenvalue weighted by atomic mass is 9.92. The Labute approximate surface area is 92.8 Å². The van der Waals surface area contributed by atoms with Crippen LogP contribution in [-0.2, 0) is 4.79 Å². The molecule has 2 atom stereocenters. The SMILES string of the molecule is CC(C)(C)CCNC(=O)C1CC2CC2C1. The van der Waals surface area contributed by atoms with E-state index in [2.05, 4.69) is 26.1 Å². The molecule has 0 bridgehead atoms. The molecule has 0 heterocycles. The summed E-state index contributed by atoms with van der Waals surface area (Å²) in [4.78, 5) is 11.8. The Balaban J connectivity index is 1.65. The van der Waals surface area contributed by atoms with Gasteiger partial charge in [-0.3, -0.25) is 4.79 Å². The van der Waals surface area contributed by atoms with E-state index in [9.17, 15) is 4.79 Å². The Kier molecular flexibility index (Phi) is 2.78. The topological polar surface area (TPSA) is 29.1 Å². The largest absolute Gasteiger partial charge is 0.356 e. The molecule has 2 nitrogen and oxygen atoms in total. The Morgan fingerprint density at radius 1 is 1.20 bits per heavy atom. The minimum absolute atomic E-state index is 0.312. The molecule has 2 fully saturated rings. The number of carbonyl (C=O) groups is 1. The number of fused-ring (bicyclic) bond motifs is 1. The van der Waals surface area contributed by atoms with Gasteiger partial charge in [-0.2, -0.15) is 0 Å². The van der Waals surface area contributed by atoms with Crippen molar-refractivity contribution in [3.05, 3.63) is 0 Å². The van der Waals surface area contributed by atoms with E-state index in [0.717, 1.165) is 37.6 Å². The van der Waals surface area contributed by atoms with Gasteiger partial charge in [0.2, 0.25) is 5.91 Å². The summed E-state index contributed by atoms with van der Waals surface area (Å²) >= 11 is 0. The van der Waals surface area contributed by atoms with Gasteiger partial charge in [0.15, 0.2) is 0 Å². The van der Waals surface area contributed by atoms with Crippen LogP contribution in [0.25, 0.3) is 0 Å². The number of amides is 1. The maximum Gasteiger partial charge on any atom is 0.223 e. The van der Waals surface area contributed by atoms with Crippen molar-refractivity contribution in [3.8, 4) is 0 Å². The second-order valence-electron chi connectivity index (χ2n) is 6.53. The van der Waals surface area contributed by atoms with Gasteiger partial charge >= 0.3 is 0 Å². The third kappa shape index (κ3) is 2.96. The van der Waals surface area contributed by atoms with Crippen molar-refractivity contribution in [2.75, 3.05) is 6.54 Å². The van der Waals surface area contributed by atoms with Gasteiger partial charge in [-0.15, -0.1) is 0 Å². The molecule has 0 aliphatic heterocycles. The molecule has 86 valence electrons. The molecule has 1 N–H and O–H groups in total. The fourth-order valence-corrected chi connectivity index (χ4v) is 2.63. The van der Waals surface area contributed by atoms with Gasteiger partial charge in [0.1, 0.15) is 0 Å². The summed E-state index contributed by atoms with van der Waals surface area (Å²) < 4.78 is 0. The van der Waals surface area contributed by atoms with Gasteiger partial charge in [0, 0.05) is 12.5 Å². The van der Waals surface area contributed by atoms with Crippen LogP contribution in [0.3, 0.4) is 0 Å². The third-order valence-corrected chi connectivity index (χ3v) is 3.79. The van der Waals surface area contributed by atoms with E-state index < -0.39 is 0 Å². The molecule has 15 heavy (non-hydrogen) atoms. The quantitative estimate of drug-likeness (QED) is 0.760. The highest BCUT2D eigenvalue weighted by molar-refractivity contribution is 5.79. The molecule has 2 aliphatic rings. The van der Waals surface area contributed by atoms with E-state index in [1.54, 1.807) is 0 Å². The van der Waals surface area contributed by atoms with Gasteiger partial charge < -0.3 is 5.32 Å². The van der Waals surface area contributed by atoms with Crippen molar-refractivity contribution in [1.82, 2.24) is 5.32 Å². The second-order valence-corrected chi connectivity index (χ2v) is 6.53. The van der Waals surface area contributed by atoms with E-state index in [4.69, 9.17) is 0 Å². The van der Waals surface area contributed by atoms with Crippen LogP contribution in [0.15, 0.2) is 0 Å². The molecule has 2 unspecified atom stereocenters. The molecule has 0 aromatic rings. The van der Waals surface area contributed by atoms with Crippen LogP contribution in [0, 0.1) is 23.2 Å². The second kappa shape index (κ2) is 3.80. The normalized spacial score (nSPS) is 33.7. The van der Waals surface area contributed by atoms with Crippen LogP contribution in [0.1, 0.15) is 46.5 Å². The van der Waals surface area contributed by atoms with Crippen LogP contribution in [0.4, 0.5) is 0 Å². The molecule has 0 spiro atoms. The Hall–Kier alpha value is -0.530.